The van der Waals surface area contributed by atoms with Gasteiger partial charge in [0.15, 0.2) is 5.76 Å². The lowest BCUT2D eigenvalue weighted by molar-refractivity contribution is -0.166. The zero-order valence-electron chi connectivity index (χ0n) is 17.4. The molecule has 7 nitrogen and oxygen atoms in total. The molecule has 31 heavy (non-hydrogen) atoms. The summed E-state index contributed by atoms with van der Waals surface area (Å²) in [6.45, 7) is 2.76. The first kappa shape index (κ1) is 21.5. The minimum Gasteiger partial charge on any atom is -0.459 e. The van der Waals surface area contributed by atoms with Crippen LogP contribution in [0.2, 0.25) is 0 Å². The number of aliphatic hydroxyl groups is 1. The second-order valence-electron chi connectivity index (χ2n) is 7.47. The van der Waals surface area contributed by atoms with E-state index in [0.717, 1.165) is 23.0 Å². The van der Waals surface area contributed by atoms with Crippen molar-refractivity contribution in [3.63, 3.8) is 0 Å². The molecule has 3 atom stereocenters. The Kier molecular flexibility index (Phi) is 7.01. The lowest BCUT2D eigenvalue weighted by Crippen LogP contribution is -2.38. The highest BCUT2D eigenvalue weighted by molar-refractivity contribution is 7.08. The van der Waals surface area contributed by atoms with Gasteiger partial charge in [-0.15, -0.1) is 0 Å². The summed E-state index contributed by atoms with van der Waals surface area (Å²) in [6, 6.07) is 9.81. The Labute approximate surface area is 185 Å². The Morgan fingerprint density at radius 3 is 2.97 bits per heavy atom. The molecule has 3 N–H and O–H groups in total. The van der Waals surface area contributed by atoms with Gasteiger partial charge in [-0.2, -0.15) is 11.3 Å². The second kappa shape index (κ2) is 10.1. The van der Waals surface area contributed by atoms with Crippen LogP contribution in [0.4, 0.5) is 0 Å². The monoisotopic (exact) mass is 441 g/mol. The van der Waals surface area contributed by atoms with Crippen LogP contribution in [0.25, 0.3) is 11.0 Å². The van der Waals surface area contributed by atoms with Gasteiger partial charge in [0, 0.05) is 25.0 Å². The first-order chi connectivity index (χ1) is 15.2. The molecule has 0 spiro atoms. The molecule has 2 aromatic heterocycles. The second-order valence-corrected chi connectivity index (χ2v) is 8.25. The largest absolute Gasteiger partial charge is 0.459 e. The Morgan fingerprint density at radius 1 is 1.35 bits per heavy atom. The smallest absolute Gasteiger partial charge is 0.286 e. The van der Waals surface area contributed by atoms with E-state index >= 15 is 0 Å². The highest BCUT2D eigenvalue weighted by Gasteiger charge is 2.37. The molecule has 0 saturated heterocycles. The van der Waals surface area contributed by atoms with Crippen molar-refractivity contribution in [1.29, 1.82) is 0 Å². The van der Waals surface area contributed by atoms with Crippen LogP contribution in [0.3, 0.4) is 0 Å². The summed E-state index contributed by atoms with van der Waals surface area (Å²) in [5.41, 5.74) is 2.92. The van der Waals surface area contributed by atoms with E-state index < -0.39 is 6.29 Å². The molecule has 0 unspecified atom stereocenters. The summed E-state index contributed by atoms with van der Waals surface area (Å²) < 4.78 is 11.9. The van der Waals surface area contributed by atoms with E-state index in [1.807, 2.05) is 42.6 Å². The zero-order valence-corrected chi connectivity index (χ0v) is 18.2. The maximum Gasteiger partial charge on any atom is 0.286 e. The summed E-state index contributed by atoms with van der Waals surface area (Å²) in [5.74, 6) is 0.642. The molecule has 1 aromatic carbocycles. The summed E-state index contributed by atoms with van der Waals surface area (Å²) in [4.78, 5) is 20.6. The third-order valence-electron chi connectivity index (χ3n) is 5.42. The molecule has 0 bridgehead atoms. The fourth-order valence-electron chi connectivity index (χ4n) is 3.95. The summed E-state index contributed by atoms with van der Waals surface area (Å²) >= 11 is 1.62. The number of ether oxygens (including phenoxy) is 2. The van der Waals surface area contributed by atoms with Crippen LogP contribution in [-0.2, 0) is 20.8 Å². The quantitative estimate of drug-likeness (QED) is 0.471. The normalized spacial score (nSPS) is 21.0. The average molecular weight is 442 g/mol. The van der Waals surface area contributed by atoms with E-state index in [-0.39, 0.29) is 36.7 Å². The van der Waals surface area contributed by atoms with Crippen LogP contribution < -0.4 is 5.32 Å². The number of allylic oxidation sites excluding steroid dienone is 1. The molecule has 0 saturated carbocycles. The number of para-hydroxylation sites is 2. The van der Waals surface area contributed by atoms with E-state index in [2.05, 4.69) is 26.7 Å². The molecule has 4 rings (SSSR count). The molecule has 1 aliphatic heterocycles. The SMILES string of the molecule is CCO[C@H]1OC(C(=O)NCc2nc3ccccc3[nH]2)=C[C@@H](c2ccsc2)[C@H]1CCCO. The molecule has 3 heterocycles. The topological polar surface area (TPSA) is 96.5 Å². The Morgan fingerprint density at radius 2 is 2.23 bits per heavy atom. The van der Waals surface area contributed by atoms with Crippen molar-refractivity contribution in [3.05, 3.63) is 64.3 Å². The first-order valence-corrected chi connectivity index (χ1v) is 11.5. The zero-order chi connectivity index (χ0) is 21.6. The highest BCUT2D eigenvalue weighted by Crippen LogP contribution is 2.40. The maximum atomic E-state index is 12.9. The number of hydrogen-bond acceptors (Lipinski definition) is 6. The van der Waals surface area contributed by atoms with E-state index in [1.165, 1.54) is 0 Å². The van der Waals surface area contributed by atoms with Gasteiger partial charge in [0.2, 0.25) is 6.29 Å². The lowest BCUT2D eigenvalue weighted by atomic mass is 9.81. The van der Waals surface area contributed by atoms with Crippen LogP contribution in [0.5, 0.6) is 0 Å². The van der Waals surface area contributed by atoms with Crippen molar-refractivity contribution < 1.29 is 19.4 Å². The van der Waals surface area contributed by atoms with E-state index in [1.54, 1.807) is 11.3 Å². The standard InChI is InChI=1S/C23H27N3O4S/c1-2-29-23-16(6-5-10-27)17(15-9-11-31-14-15)12-20(30-23)22(28)24-13-21-25-18-7-3-4-8-19(18)26-21/h3-4,7-9,11-12,14,16-17,23,27H,2,5-6,10,13H2,1H3,(H,24,28)(H,25,26)/t16-,17+,23+/m1/s1. The van der Waals surface area contributed by atoms with Gasteiger partial charge >= 0.3 is 0 Å². The van der Waals surface area contributed by atoms with Crippen molar-refractivity contribution in [3.8, 4) is 0 Å². The minimum absolute atomic E-state index is 0.0185. The van der Waals surface area contributed by atoms with E-state index in [4.69, 9.17) is 9.47 Å². The number of nitrogens with one attached hydrogen (secondary N) is 2. The number of fused-ring (bicyclic) bond motifs is 1. The first-order valence-electron chi connectivity index (χ1n) is 10.5. The molecule has 3 aromatic rings. The summed E-state index contributed by atoms with van der Waals surface area (Å²) in [5, 5.41) is 16.3. The number of H-pyrrole nitrogens is 1. The Bertz CT molecular complexity index is 998. The highest BCUT2D eigenvalue weighted by atomic mass is 32.1. The number of aromatic amines is 1. The van der Waals surface area contributed by atoms with Gasteiger partial charge in [0.05, 0.1) is 17.6 Å². The van der Waals surface area contributed by atoms with E-state index in [9.17, 15) is 9.90 Å². The van der Waals surface area contributed by atoms with E-state index in [0.29, 0.717) is 18.9 Å². The van der Waals surface area contributed by atoms with Gasteiger partial charge in [0.25, 0.3) is 5.91 Å². The number of nitrogens with zero attached hydrogens (tertiary/aromatic N) is 1. The van der Waals surface area contributed by atoms with Crippen molar-refractivity contribution in [2.75, 3.05) is 13.2 Å². The number of aromatic nitrogens is 2. The number of imidazole rings is 1. The summed E-state index contributed by atoms with van der Waals surface area (Å²) in [6.07, 6.45) is 2.73. The van der Waals surface area contributed by atoms with Gasteiger partial charge in [-0.25, -0.2) is 4.98 Å². The molecule has 164 valence electrons. The predicted molar refractivity (Wildman–Crippen MR) is 119 cm³/mol. The van der Waals surface area contributed by atoms with Gasteiger partial charge in [0.1, 0.15) is 5.82 Å². The van der Waals surface area contributed by atoms with Gasteiger partial charge in [-0.05, 0) is 60.4 Å². The molecule has 0 fully saturated rings. The Hall–Kier alpha value is -2.68. The van der Waals surface area contributed by atoms with Crippen LogP contribution >= 0.6 is 11.3 Å². The van der Waals surface area contributed by atoms with Gasteiger partial charge in [-0.3, -0.25) is 4.79 Å². The number of benzene rings is 1. The number of carbonyl (C=O) groups excluding carboxylic acids is 1. The molecule has 1 amide bonds. The fraction of sp³-hybridized carbons (Fsp3) is 0.391. The number of carbonyl (C=O) groups is 1. The molecule has 0 aliphatic carbocycles. The van der Waals surface area contributed by atoms with Gasteiger partial charge < -0.3 is 24.9 Å². The number of thiophene rings is 1. The predicted octanol–water partition coefficient (Wildman–Crippen LogP) is 3.69. The number of aliphatic hydroxyl groups excluding tert-OH is 1. The summed E-state index contributed by atoms with van der Waals surface area (Å²) in [7, 11) is 0. The molecular formula is C23H27N3O4S. The van der Waals surface area contributed by atoms with Crippen molar-refractivity contribution >= 4 is 28.3 Å². The maximum absolute atomic E-state index is 12.9. The van der Waals surface area contributed by atoms with Crippen LogP contribution in [0.15, 0.2) is 52.9 Å². The van der Waals surface area contributed by atoms with Gasteiger partial charge in [-0.1, -0.05) is 12.1 Å². The Balaban J connectivity index is 1.52. The minimum atomic E-state index is -0.543. The molecule has 8 heteroatoms. The third-order valence-corrected chi connectivity index (χ3v) is 6.12. The molecular weight excluding hydrogens is 414 g/mol. The third kappa shape index (κ3) is 4.98. The number of amides is 1. The van der Waals surface area contributed by atoms with Crippen LogP contribution in [0, 0.1) is 5.92 Å². The number of rotatable bonds is 9. The fourth-order valence-corrected chi connectivity index (χ4v) is 4.66. The van der Waals surface area contributed by atoms with Crippen LogP contribution in [-0.4, -0.2) is 40.5 Å². The molecule has 1 aliphatic rings. The molecule has 0 radical (unpaired) electrons. The van der Waals surface area contributed by atoms with Crippen molar-refractivity contribution in [1.82, 2.24) is 15.3 Å². The average Bonchev–Trinajstić information content (AvgIpc) is 3.46. The van der Waals surface area contributed by atoms with Crippen molar-refractivity contribution in [2.24, 2.45) is 5.92 Å². The van der Waals surface area contributed by atoms with Crippen molar-refractivity contribution in [2.45, 2.75) is 38.5 Å². The van der Waals surface area contributed by atoms with Crippen LogP contribution in [0.1, 0.15) is 37.1 Å². The lowest BCUT2D eigenvalue weighted by Gasteiger charge is -2.36. The number of hydrogen-bond donors (Lipinski definition) is 3.